The van der Waals surface area contributed by atoms with Crippen LogP contribution in [0.3, 0.4) is 0 Å². The van der Waals surface area contributed by atoms with Crippen LogP contribution in [0.15, 0.2) is 88.8 Å². The third-order valence-corrected chi connectivity index (χ3v) is 7.53. The van der Waals surface area contributed by atoms with Crippen LogP contribution >= 0.6 is 23.1 Å². The van der Waals surface area contributed by atoms with Crippen LogP contribution in [-0.2, 0) is 0 Å². The Morgan fingerprint density at radius 2 is 1.70 bits per heavy atom. The lowest BCUT2D eigenvalue weighted by molar-refractivity contribution is 0.873. The van der Waals surface area contributed by atoms with Gasteiger partial charge in [-0.1, -0.05) is 91.6 Å². The van der Waals surface area contributed by atoms with Gasteiger partial charge in [0.25, 0.3) is 6.85 Å². The number of rotatable bonds is 6. The van der Waals surface area contributed by atoms with Crippen molar-refractivity contribution in [3.63, 3.8) is 0 Å². The van der Waals surface area contributed by atoms with Gasteiger partial charge in [0.05, 0.1) is 15.2 Å². The van der Waals surface area contributed by atoms with Crippen LogP contribution in [-0.4, -0.2) is 11.8 Å². The van der Waals surface area contributed by atoms with Gasteiger partial charge >= 0.3 is 0 Å². The van der Waals surface area contributed by atoms with Crippen molar-refractivity contribution in [2.45, 2.75) is 31.0 Å². The lowest BCUT2D eigenvalue weighted by Crippen LogP contribution is -2.46. The minimum atomic E-state index is 0.322. The second-order valence-corrected chi connectivity index (χ2v) is 9.64. The van der Waals surface area contributed by atoms with Gasteiger partial charge in [0.1, 0.15) is 5.01 Å². The molecule has 148 valence electrons. The van der Waals surface area contributed by atoms with Crippen LogP contribution in [0.25, 0.3) is 16.3 Å². The summed E-state index contributed by atoms with van der Waals surface area (Å²) in [7, 11) is 0. The highest BCUT2D eigenvalue weighted by molar-refractivity contribution is 8.04. The highest BCUT2D eigenvalue weighted by atomic mass is 32.2. The van der Waals surface area contributed by atoms with Crippen molar-refractivity contribution in [3.05, 3.63) is 88.9 Å². The van der Waals surface area contributed by atoms with E-state index in [1.807, 2.05) is 11.8 Å². The smallest absolute Gasteiger partial charge is 0.294 e. The molecule has 5 heteroatoms. The number of hydrogen-bond donors (Lipinski definition) is 0. The molecule has 0 saturated carbocycles. The van der Waals surface area contributed by atoms with Gasteiger partial charge in [-0.15, -0.1) is 11.3 Å². The average Bonchev–Trinajstić information content (AvgIpc) is 3.36. The molecule has 2 nitrogen and oxygen atoms in total. The monoisotopic (exact) mass is 426 g/mol. The van der Waals surface area contributed by atoms with E-state index < -0.39 is 0 Å². The normalized spacial score (nSPS) is 14.4. The van der Waals surface area contributed by atoms with E-state index in [1.165, 1.54) is 38.6 Å². The van der Waals surface area contributed by atoms with Crippen molar-refractivity contribution in [3.8, 4) is 0 Å². The Morgan fingerprint density at radius 3 is 2.53 bits per heavy atom. The van der Waals surface area contributed by atoms with Gasteiger partial charge in [-0.2, -0.15) is 0 Å². The number of anilines is 1. The minimum Gasteiger partial charge on any atom is -0.375 e. The lowest BCUT2D eigenvalue weighted by atomic mass is 9.51. The van der Waals surface area contributed by atoms with E-state index in [0.717, 1.165) is 16.8 Å². The van der Waals surface area contributed by atoms with Crippen LogP contribution in [0.5, 0.6) is 0 Å². The molecule has 4 aromatic rings. The maximum absolute atomic E-state index is 4.87. The van der Waals surface area contributed by atoms with Crippen LogP contribution in [0.2, 0.25) is 6.32 Å². The van der Waals surface area contributed by atoms with Crippen LogP contribution in [0.4, 0.5) is 5.69 Å². The average molecular weight is 426 g/mol. The quantitative estimate of drug-likeness (QED) is 0.312. The molecule has 30 heavy (non-hydrogen) atoms. The second-order valence-electron chi connectivity index (χ2n) is 7.51. The Kier molecular flexibility index (Phi) is 5.65. The van der Waals surface area contributed by atoms with Crippen molar-refractivity contribution in [2.24, 2.45) is 0 Å². The maximum atomic E-state index is 4.87. The Bertz CT molecular complexity index is 1150. The molecule has 1 aliphatic heterocycles. The summed E-state index contributed by atoms with van der Waals surface area (Å²) in [5.74, 6) is 0. The van der Waals surface area contributed by atoms with Gasteiger partial charge in [0.15, 0.2) is 0 Å². The van der Waals surface area contributed by atoms with Gasteiger partial charge in [0, 0.05) is 16.7 Å². The third kappa shape index (κ3) is 3.80. The summed E-state index contributed by atoms with van der Waals surface area (Å²) in [6, 6.07) is 28.1. The van der Waals surface area contributed by atoms with Gasteiger partial charge in [-0.3, -0.25) is 0 Å². The molecule has 3 aromatic carbocycles. The zero-order valence-electron chi connectivity index (χ0n) is 17.0. The molecular formula is C25H23BN2S2. The molecule has 0 fully saturated rings. The van der Waals surface area contributed by atoms with Crippen molar-refractivity contribution in [1.82, 2.24) is 4.98 Å². The van der Waals surface area contributed by atoms with Crippen molar-refractivity contribution in [1.29, 1.82) is 0 Å². The fourth-order valence-corrected chi connectivity index (χ4v) is 6.14. The summed E-state index contributed by atoms with van der Waals surface area (Å²) in [6.07, 6.45) is 5.81. The summed E-state index contributed by atoms with van der Waals surface area (Å²) < 4.78 is 1.24. The van der Waals surface area contributed by atoms with E-state index in [1.54, 1.807) is 11.3 Å². The zero-order chi connectivity index (χ0) is 20.3. The van der Waals surface area contributed by atoms with Crippen molar-refractivity contribution in [2.75, 3.05) is 4.81 Å². The van der Waals surface area contributed by atoms with E-state index in [0.29, 0.717) is 6.85 Å². The number of unbranched alkanes of at least 4 members (excludes halogenated alkanes) is 1. The highest BCUT2D eigenvalue weighted by Crippen LogP contribution is 2.47. The van der Waals surface area contributed by atoms with E-state index in [-0.39, 0.29) is 0 Å². The fourth-order valence-electron chi connectivity index (χ4n) is 4.02. The second kappa shape index (κ2) is 8.70. The summed E-state index contributed by atoms with van der Waals surface area (Å²) >= 11 is 3.62. The van der Waals surface area contributed by atoms with Crippen molar-refractivity contribution >= 4 is 57.4 Å². The molecule has 2 heterocycles. The maximum Gasteiger partial charge on any atom is 0.294 e. The number of benzene rings is 3. The predicted octanol–water partition coefficient (Wildman–Crippen LogP) is 6.91. The Morgan fingerprint density at radius 1 is 0.933 bits per heavy atom. The molecule has 0 spiro atoms. The van der Waals surface area contributed by atoms with Gasteiger partial charge in [-0.25, -0.2) is 4.98 Å². The first-order valence-electron chi connectivity index (χ1n) is 10.5. The van der Waals surface area contributed by atoms with Crippen LogP contribution < -0.4 is 10.3 Å². The number of thioether (sulfide) groups is 1. The first-order chi connectivity index (χ1) is 14.8. The van der Waals surface area contributed by atoms with E-state index >= 15 is 0 Å². The first kappa shape index (κ1) is 19.5. The number of nitrogens with zero attached hydrogens (tertiary/aromatic N) is 2. The number of aromatic nitrogens is 1. The molecule has 1 aliphatic rings. The summed E-state index contributed by atoms with van der Waals surface area (Å²) in [4.78, 5) is 8.73. The van der Waals surface area contributed by atoms with Gasteiger partial charge in [0.2, 0.25) is 0 Å². The number of para-hydroxylation sites is 2. The molecule has 0 atom stereocenters. The summed E-state index contributed by atoms with van der Waals surface area (Å²) in [5.41, 5.74) is 3.75. The topological polar surface area (TPSA) is 16.1 Å². The molecule has 0 saturated heterocycles. The summed E-state index contributed by atoms with van der Waals surface area (Å²) in [5, 5.41) is 2.33. The van der Waals surface area contributed by atoms with Gasteiger partial charge < -0.3 is 4.81 Å². The lowest BCUT2D eigenvalue weighted by Gasteiger charge is -2.29. The molecule has 0 bridgehead atoms. The molecular weight excluding hydrogens is 403 g/mol. The van der Waals surface area contributed by atoms with Crippen molar-refractivity contribution < 1.29 is 0 Å². The number of hydrogen-bond acceptors (Lipinski definition) is 4. The number of thiazole rings is 1. The molecule has 0 N–H and O–H groups in total. The Labute approximate surface area is 186 Å². The highest BCUT2D eigenvalue weighted by Gasteiger charge is 2.34. The van der Waals surface area contributed by atoms with Gasteiger partial charge in [-0.05, 0) is 30.6 Å². The fraction of sp³-hybridized carbons (Fsp3) is 0.160. The van der Waals surface area contributed by atoms with Crippen LogP contribution in [0, 0.1) is 0 Å². The first-order valence-corrected chi connectivity index (χ1v) is 12.1. The van der Waals surface area contributed by atoms with Crippen LogP contribution in [0.1, 0.15) is 24.8 Å². The molecule has 0 amide bonds. The van der Waals surface area contributed by atoms with E-state index in [4.69, 9.17) is 4.98 Å². The molecule has 0 aliphatic carbocycles. The molecule has 0 radical (unpaired) electrons. The molecule has 0 unspecified atom stereocenters. The largest absolute Gasteiger partial charge is 0.375 e. The predicted molar refractivity (Wildman–Crippen MR) is 134 cm³/mol. The van der Waals surface area contributed by atoms with E-state index in [9.17, 15) is 0 Å². The Hall–Kier alpha value is -2.50. The zero-order valence-corrected chi connectivity index (χ0v) is 18.6. The standard InChI is InChI=1S/C25H23BN2S2/c1-2-3-17-26(19-11-5-4-6-12-19)28-21-14-8-10-16-23(21)30-25(28)18-24-27-20-13-7-9-15-22(20)29-24/h4-16,18H,2-3,17H2,1H3/b25-18+. The Balaban J connectivity index is 1.60. The minimum absolute atomic E-state index is 0.322. The van der Waals surface area contributed by atoms with E-state index in [2.05, 4.69) is 96.7 Å². The molecule has 1 aromatic heterocycles. The third-order valence-electron chi connectivity index (χ3n) is 5.46. The SMILES string of the molecule is CCCCB(c1ccccc1)N1/C(=C\c2nc3ccccc3s2)Sc2ccccc21. The summed E-state index contributed by atoms with van der Waals surface area (Å²) in [6.45, 7) is 2.59. The molecule has 5 rings (SSSR count). The number of fused-ring (bicyclic) bond motifs is 2.